The van der Waals surface area contributed by atoms with E-state index in [4.69, 9.17) is 9.72 Å². The smallest absolute Gasteiger partial charge is 0.391 e. The standard InChI is InChI=1S/C27H29N5O3S2/c1-16-6-8-18(9-7-16)22-21(30-23(37-22)19-10-11-19)24(33)31-12-4-3-5-20(31)15-28-27(34)35-25-17(2)29-26-32(25)13-14-36-26/h6-9,13-14,19-20H,3-5,10-12,15H2,1-2H3,(H,28,34)/t20-/m0/s1. The lowest BCUT2D eigenvalue weighted by molar-refractivity contribution is 0.0607. The molecule has 1 saturated carbocycles. The Kier molecular flexibility index (Phi) is 6.46. The van der Waals surface area contributed by atoms with Gasteiger partial charge in [-0.2, -0.15) is 0 Å². The molecule has 192 valence electrons. The first-order chi connectivity index (χ1) is 18.0. The van der Waals surface area contributed by atoms with Gasteiger partial charge in [-0.1, -0.05) is 29.8 Å². The van der Waals surface area contributed by atoms with Crippen molar-refractivity contribution in [1.29, 1.82) is 0 Å². The lowest BCUT2D eigenvalue weighted by atomic mass is 10.0. The Morgan fingerprint density at radius 2 is 1.92 bits per heavy atom. The zero-order valence-electron chi connectivity index (χ0n) is 20.9. The first kappa shape index (κ1) is 24.1. The topological polar surface area (TPSA) is 88.8 Å². The van der Waals surface area contributed by atoms with Gasteiger partial charge in [0.2, 0.25) is 5.88 Å². The highest BCUT2D eigenvalue weighted by atomic mass is 32.1. The first-order valence-corrected chi connectivity index (χ1v) is 14.4. The summed E-state index contributed by atoms with van der Waals surface area (Å²) in [5.41, 5.74) is 3.42. The van der Waals surface area contributed by atoms with Gasteiger partial charge in [-0.05, 0) is 51.5 Å². The molecule has 6 rings (SSSR count). The van der Waals surface area contributed by atoms with Gasteiger partial charge in [-0.3, -0.25) is 9.20 Å². The van der Waals surface area contributed by atoms with Crippen molar-refractivity contribution in [2.75, 3.05) is 13.1 Å². The van der Waals surface area contributed by atoms with E-state index >= 15 is 0 Å². The number of likely N-dealkylation sites (tertiary alicyclic amines) is 1. The molecular weight excluding hydrogens is 506 g/mol. The molecule has 8 nitrogen and oxygen atoms in total. The molecule has 1 aliphatic heterocycles. The lowest BCUT2D eigenvalue weighted by Crippen LogP contribution is -2.50. The number of benzene rings is 1. The number of hydrogen-bond acceptors (Lipinski definition) is 7. The Balaban J connectivity index is 1.19. The predicted octanol–water partition coefficient (Wildman–Crippen LogP) is 5.80. The Morgan fingerprint density at radius 3 is 2.70 bits per heavy atom. The van der Waals surface area contributed by atoms with Crippen LogP contribution in [0.5, 0.6) is 5.88 Å². The maximum absolute atomic E-state index is 13.9. The van der Waals surface area contributed by atoms with Gasteiger partial charge in [0.05, 0.1) is 9.88 Å². The van der Waals surface area contributed by atoms with E-state index in [1.54, 1.807) is 15.7 Å². The largest absolute Gasteiger partial charge is 0.414 e. The summed E-state index contributed by atoms with van der Waals surface area (Å²) in [5, 5.41) is 5.85. The summed E-state index contributed by atoms with van der Waals surface area (Å²) in [6, 6.07) is 8.18. The normalized spacial score (nSPS) is 17.8. The van der Waals surface area contributed by atoms with Crippen LogP contribution in [0.2, 0.25) is 0 Å². The van der Waals surface area contributed by atoms with E-state index in [-0.39, 0.29) is 11.9 Å². The molecule has 1 atom stereocenters. The number of imidazole rings is 1. The average molecular weight is 536 g/mol. The molecule has 2 amide bonds. The Labute approximate surface area is 223 Å². The van der Waals surface area contributed by atoms with E-state index in [1.807, 2.05) is 23.4 Å². The molecule has 1 saturated heterocycles. The van der Waals surface area contributed by atoms with Gasteiger partial charge >= 0.3 is 6.09 Å². The number of aryl methyl sites for hydroxylation is 2. The second-order valence-electron chi connectivity index (χ2n) is 9.85. The molecule has 2 fully saturated rings. The predicted molar refractivity (Wildman–Crippen MR) is 145 cm³/mol. The third-order valence-electron chi connectivity index (χ3n) is 7.03. The number of thiazole rings is 2. The molecule has 4 aromatic rings. The number of rotatable bonds is 6. The summed E-state index contributed by atoms with van der Waals surface area (Å²) < 4.78 is 7.36. The minimum atomic E-state index is -0.543. The number of piperidine rings is 1. The second-order valence-corrected chi connectivity index (χ2v) is 11.8. The SMILES string of the molecule is Cc1ccc(-c2sc(C3CC3)nc2C(=O)N2CCCC[C@H]2CNC(=O)Oc2c(C)nc3sccn23)cc1. The van der Waals surface area contributed by atoms with Gasteiger partial charge in [-0.15, -0.1) is 22.7 Å². The van der Waals surface area contributed by atoms with Gasteiger partial charge in [0, 0.05) is 36.6 Å². The van der Waals surface area contributed by atoms with E-state index in [0.29, 0.717) is 36.3 Å². The van der Waals surface area contributed by atoms with Gasteiger partial charge in [0.15, 0.2) is 4.96 Å². The Bertz CT molecular complexity index is 1450. The molecule has 3 aromatic heterocycles. The van der Waals surface area contributed by atoms with E-state index in [0.717, 1.165) is 52.5 Å². The molecule has 4 heterocycles. The number of hydrogen-bond donors (Lipinski definition) is 1. The molecule has 0 unspecified atom stereocenters. The Morgan fingerprint density at radius 1 is 1.11 bits per heavy atom. The zero-order valence-corrected chi connectivity index (χ0v) is 22.5. The number of ether oxygens (including phenoxy) is 1. The van der Waals surface area contributed by atoms with Crippen LogP contribution in [0.15, 0.2) is 35.8 Å². The number of carbonyl (C=O) groups is 2. The average Bonchev–Trinajstić information content (AvgIpc) is 3.38. The molecular formula is C27H29N5O3S2. The highest BCUT2D eigenvalue weighted by molar-refractivity contribution is 7.15. The highest BCUT2D eigenvalue weighted by Gasteiger charge is 2.34. The molecule has 0 radical (unpaired) electrons. The van der Waals surface area contributed by atoms with Gasteiger partial charge in [0.25, 0.3) is 5.91 Å². The van der Waals surface area contributed by atoms with Crippen LogP contribution in [0.25, 0.3) is 15.4 Å². The summed E-state index contributed by atoms with van der Waals surface area (Å²) >= 11 is 3.14. The van der Waals surface area contributed by atoms with Crippen molar-refractivity contribution >= 4 is 39.6 Å². The summed E-state index contributed by atoms with van der Waals surface area (Å²) in [6.07, 6.45) is 6.35. The highest BCUT2D eigenvalue weighted by Crippen LogP contribution is 2.45. The van der Waals surface area contributed by atoms with E-state index in [2.05, 4.69) is 41.5 Å². The number of aromatic nitrogens is 3. The van der Waals surface area contributed by atoms with E-state index in [1.165, 1.54) is 16.9 Å². The molecule has 1 aliphatic carbocycles. The van der Waals surface area contributed by atoms with Crippen LogP contribution >= 0.6 is 22.7 Å². The molecule has 0 spiro atoms. The third kappa shape index (κ3) is 4.87. The van der Waals surface area contributed by atoms with Crippen molar-refractivity contribution in [3.8, 4) is 16.3 Å². The van der Waals surface area contributed by atoms with Crippen molar-refractivity contribution in [1.82, 2.24) is 24.6 Å². The molecule has 2 aliphatic rings. The monoisotopic (exact) mass is 535 g/mol. The fourth-order valence-corrected chi connectivity index (χ4v) is 6.81. The van der Waals surface area contributed by atoms with Crippen LogP contribution in [0.1, 0.15) is 64.8 Å². The molecule has 37 heavy (non-hydrogen) atoms. The minimum Gasteiger partial charge on any atom is -0.391 e. The van der Waals surface area contributed by atoms with Crippen molar-refractivity contribution < 1.29 is 14.3 Å². The summed E-state index contributed by atoms with van der Waals surface area (Å²) in [4.78, 5) is 39.5. The van der Waals surface area contributed by atoms with Crippen LogP contribution in [-0.2, 0) is 0 Å². The maximum Gasteiger partial charge on any atom is 0.414 e. The van der Waals surface area contributed by atoms with Crippen molar-refractivity contribution in [2.45, 2.75) is 57.9 Å². The van der Waals surface area contributed by atoms with Gasteiger partial charge in [-0.25, -0.2) is 14.8 Å². The van der Waals surface area contributed by atoms with Gasteiger partial charge < -0.3 is 15.0 Å². The minimum absolute atomic E-state index is 0.0507. The Hall–Kier alpha value is -3.24. The van der Waals surface area contributed by atoms with Crippen LogP contribution in [0.3, 0.4) is 0 Å². The van der Waals surface area contributed by atoms with Crippen LogP contribution in [0.4, 0.5) is 4.79 Å². The fourth-order valence-electron chi connectivity index (χ4n) is 4.82. The van der Waals surface area contributed by atoms with E-state index < -0.39 is 6.09 Å². The van der Waals surface area contributed by atoms with Crippen molar-refractivity contribution in [3.63, 3.8) is 0 Å². The summed E-state index contributed by atoms with van der Waals surface area (Å²) in [6.45, 7) is 4.86. The number of nitrogens with zero attached hydrogens (tertiary/aromatic N) is 4. The number of fused-ring (bicyclic) bond motifs is 1. The van der Waals surface area contributed by atoms with Crippen molar-refractivity contribution in [3.05, 3.63) is 57.8 Å². The quantitative estimate of drug-likeness (QED) is 0.337. The fraction of sp³-hybridized carbons (Fsp3) is 0.407. The molecule has 1 aromatic carbocycles. The number of carbonyl (C=O) groups excluding carboxylic acids is 2. The maximum atomic E-state index is 13.9. The molecule has 1 N–H and O–H groups in total. The van der Waals surface area contributed by atoms with Crippen LogP contribution in [-0.4, -0.2) is 50.4 Å². The summed E-state index contributed by atoms with van der Waals surface area (Å²) in [7, 11) is 0. The third-order valence-corrected chi connectivity index (χ3v) is 9.05. The van der Waals surface area contributed by atoms with Crippen molar-refractivity contribution in [2.24, 2.45) is 0 Å². The van der Waals surface area contributed by atoms with E-state index in [9.17, 15) is 9.59 Å². The molecule has 10 heteroatoms. The van der Waals surface area contributed by atoms with Gasteiger partial charge in [0.1, 0.15) is 11.4 Å². The first-order valence-electron chi connectivity index (χ1n) is 12.7. The van der Waals surface area contributed by atoms with Crippen LogP contribution < -0.4 is 10.1 Å². The zero-order chi connectivity index (χ0) is 25.5. The second kappa shape index (κ2) is 9.90. The molecule has 0 bridgehead atoms. The number of amides is 2. The lowest BCUT2D eigenvalue weighted by Gasteiger charge is -2.35. The van der Waals surface area contributed by atoms with Crippen LogP contribution in [0, 0.1) is 13.8 Å². The summed E-state index contributed by atoms with van der Waals surface area (Å²) in [5.74, 6) is 0.847. The number of nitrogens with one attached hydrogen (secondary N) is 1.